The molecule has 1 heterocycles. The number of rotatable bonds is 5. The fraction of sp³-hybridized carbons (Fsp3) is 0.286. The standard InChI is InChI=1S/C14H17N3O/c1-2-8-17-9-7-16-14(17)10-13(18)11-5-3-4-6-12(11)15/h3-7,9H,2,8,10,15H2,1H3. The molecule has 0 atom stereocenters. The molecule has 0 unspecified atom stereocenters. The van der Waals surface area contributed by atoms with Crippen molar-refractivity contribution in [3.05, 3.63) is 48.0 Å². The van der Waals surface area contributed by atoms with Gasteiger partial charge in [0, 0.05) is 30.2 Å². The van der Waals surface area contributed by atoms with Gasteiger partial charge in [-0.15, -0.1) is 0 Å². The molecule has 0 spiro atoms. The first kappa shape index (κ1) is 12.4. The summed E-state index contributed by atoms with van der Waals surface area (Å²) in [7, 11) is 0. The summed E-state index contributed by atoms with van der Waals surface area (Å²) in [6.07, 6.45) is 4.94. The molecule has 4 heteroatoms. The van der Waals surface area contributed by atoms with Crippen molar-refractivity contribution in [1.29, 1.82) is 0 Å². The molecule has 0 saturated heterocycles. The fourth-order valence-corrected chi connectivity index (χ4v) is 1.94. The number of aromatic nitrogens is 2. The normalized spacial score (nSPS) is 10.5. The van der Waals surface area contributed by atoms with Crippen molar-refractivity contribution in [1.82, 2.24) is 9.55 Å². The molecular weight excluding hydrogens is 226 g/mol. The average molecular weight is 243 g/mol. The lowest BCUT2D eigenvalue weighted by Gasteiger charge is -2.07. The van der Waals surface area contributed by atoms with Gasteiger partial charge in [0.2, 0.25) is 0 Å². The Morgan fingerprint density at radius 1 is 1.39 bits per heavy atom. The number of imidazole rings is 1. The van der Waals surface area contributed by atoms with Gasteiger partial charge >= 0.3 is 0 Å². The summed E-state index contributed by atoms with van der Waals surface area (Å²) in [5.41, 5.74) is 6.90. The van der Waals surface area contributed by atoms with Crippen molar-refractivity contribution < 1.29 is 4.79 Å². The molecule has 0 fully saturated rings. The zero-order valence-corrected chi connectivity index (χ0v) is 10.5. The van der Waals surface area contributed by atoms with E-state index in [1.165, 1.54) is 0 Å². The third-order valence-electron chi connectivity index (χ3n) is 2.85. The van der Waals surface area contributed by atoms with E-state index in [1.807, 2.05) is 22.9 Å². The van der Waals surface area contributed by atoms with Crippen LogP contribution >= 0.6 is 0 Å². The minimum Gasteiger partial charge on any atom is -0.398 e. The van der Waals surface area contributed by atoms with E-state index in [1.54, 1.807) is 18.3 Å². The average Bonchev–Trinajstić information content (AvgIpc) is 2.78. The van der Waals surface area contributed by atoms with Gasteiger partial charge in [-0.2, -0.15) is 0 Å². The Hall–Kier alpha value is -2.10. The lowest BCUT2D eigenvalue weighted by atomic mass is 10.1. The highest BCUT2D eigenvalue weighted by Gasteiger charge is 2.13. The minimum absolute atomic E-state index is 0.0108. The number of ketones is 1. The van der Waals surface area contributed by atoms with Crippen LogP contribution < -0.4 is 5.73 Å². The summed E-state index contributed by atoms with van der Waals surface area (Å²) >= 11 is 0. The molecule has 2 rings (SSSR count). The Bertz CT molecular complexity index is 545. The second kappa shape index (κ2) is 5.49. The lowest BCUT2D eigenvalue weighted by molar-refractivity contribution is 0.0990. The Balaban J connectivity index is 2.17. The number of carbonyl (C=O) groups excluding carboxylic acids is 1. The number of anilines is 1. The van der Waals surface area contributed by atoms with E-state index in [9.17, 15) is 4.79 Å². The Labute approximate surface area is 106 Å². The van der Waals surface area contributed by atoms with Gasteiger partial charge in [0.05, 0.1) is 6.42 Å². The van der Waals surface area contributed by atoms with Crippen LogP contribution in [0.15, 0.2) is 36.7 Å². The minimum atomic E-state index is 0.0108. The van der Waals surface area contributed by atoms with Gasteiger partial charge in [0.25, 0.3) is 0 Å². The topological polar surface area (TPSA) is 60.9 Å². The van der Waals surface area contributed by atoms with Crippen molar-refractivity contribution in [3.8, 4) is 0 Å². The summed E-state index contributed by atoms with van der Waals surface area (Å²) < 4.78 is 2.01. The van der Waals surface area contributed by atoms with Gasteiger partial charge < -0.3 is 10.3 Å². The largest absolute Gasteiger partial charge is 0.398 e. The number of para-hydroxylation sites is 1. The van der Waals surface area contributed by atoms with Gasteiger partial charge in [0.15, 0.2) is 5.78 Å². The Morgan fingerprint density at radius 2 is 2.17 bits per heavy atom. The van der Waals surface area contributed by atoms with E-state index in [0.717, 1.165) is 18.8 Å². The maximum Gasteiger partial charge on any atom is 0.172 e. The Morgan fingerprint density at radius 3 is 2.89 bits per heavy atom. The van der Waals surface area contributed by atoms with Crippen LogP contribution in [0.2, 0.25) is 0 Å². The van der Waals surface area contributed by atoms with E-state index in [2.05, 4.69) is 11.9 Å². The van der Waals surface area contributed by atoms with Gasteiger partial charge in [-0.25, -0.2) is 4.98 Å². The number of Topliss-reactive ketones (excluding diaryl/α,β-unsaturated/α-hetero) is 1. The molecule has 1 aromatic heterocycles. The van der Waals surface area contributed by atoms with Gasteiger partial charge in [0.1, 0.15) is 5.82 Å². The van der Waals surface area contributed by atoms with Crippen LogP contribution in [0.4, 0.5) is 5.69 Å². The van der Waals surface area contributed by atoms with Crippen LogP contribution in [-0.2, 0) is 13.0 Å². The van der Waals surface area contributed by atoms with E-state index < -0.39 is 0 Å². The second-order valence-corrected chi connectivity index (χ2v) is 4.22. The zero-order chi connectivity index (χ0) is 13.0. The van der Waals surface area contributed by atoms with E-state index in [4.69, 9.17) is 5.73 Å². The number of nitrogens with zero attached hydrogens (tertiary/aromatic N) is 2. The first-order valence-corrected chi connectivity index (χ1v) is 6.10. The van der Waals surface area contributed by atoms with Crippen molar-refractivity contribution in [2.75, 3.05) is 5.73 Å². The van der Waals surface area contributed by atoms with E-state index in [-0.39, 0.29) is 5.78 Å². The number of aryl methyl sites for hydroxylation is 1. The SMILES string of the molecule is CCCn1ccnc1CC(=O)c1ccccc1N. The summed E-state index contributed by atoms with van der Waals surface area (Å²) in [6, 6.07) is 7.14. The summed E-state index contributed by atoms with van der Waals surface area (Å²) in [5.74, 6) is 0.807. The van der Waals surface area contributed by atoms with Crippen molar-refractivity contribution in [3.63, 3.8) is 0 Å². The molecule has 2 aromatic rings. The van der Waals surface area contributed by atoms with Crippen LogP contribution in [0.3, 0.4) is 0 Å². The Kier molecular flexibility index (Phi) is 3.77. The summed E-state index contributed by atoms with van der Waals surface area (Å²) in [4.78, 5) is 16.4. The van der Waals surface area contributed by atoms with E-state index in [0.29, 0.717) is 17.7 Å². The molecule has 0 aliphatic carbocycles. The maximum absolute atomic E-state index is 12.2. The van der Waals surface area contributed by atoms with Gasteiger partial charge in [-0.1, -0.05) is 19.1 Å². The monoisotopic (exact) mass is 243 g/mol. The number of hydrogen-bond donors (Lipinski definition) is 1. The molecule has 0 saturated carbocycles. The predicted octanol–water partition coefficient (Wildman–Crippen LogP) is 2.30. The fourth-order valence-electron chi connectivity index (χ4n) is 1.94. The van der Waals surface area contributed by atoms with Crippen molar-refractivity contribution >= 4 is 11.5 Å². The van der Waals surface area contributed by atoms with Gasteiger partial charge in [-0.05, 0) is 18.6 Å². The van der Waals surface area contributed by atoms with Crippen LogP contribution in [-0.4, -0.2) is 15.3 Å². The number of benzene rings is 1. The van der Waals surface area contributed by atoms with Crippen molar-refractivity contribution in [2.24, 2.45) is 0 Å². The molecule has 18 heavy (non-hydrogen) atoms. The van der Waals surface area contributed by atoms with Crippen LogP contribution in [0.1, 0.15) is 29.5 Å². The van der Waals surface area contributed by atoms with E-state index >= 15 is 0 Å². The van der Waals surface area contributed by atoms with Crippen molar-refractivity contribution in [2.45, 2.75) is 26.3 Å². The molecule has 2 N–H and O–H groups in total. The molecular formula is C14H17N3O. The molecule has 0 bridgehead atoms. The predicted molar refractivity (Wildman–Crippen MR) is 71.4 cm³/mol. The lowest BCUT2D eigenvalue weighted by Crippen LogP contribution is -2.11. The second-order valence-electron chi connectivity index (χ2n) is 4.22. The highest BCUT2D eigenvalue weighted by molar-refractivity contribution is 6.01. The zero-order valence-electron chi connectivity index (χ0n) is 10.5. The van der Waals surface area contributed by atoms with Crippen LogP contribution in [0.5, 0.6) is 0 Å². The quantitative estimate of drug-likeness (QED) is 0.647. The molecule has 94 valence electrons. The highest BCUT2D eigenvalue weighted by Crippen LogP contribution is 2.13. The van der Waals surface area contributed by atoms with Gasteiger partial charge in [-0.3, -0.25) is 4.79 Å². The number of hydrogen-bond acceptors (Lipinski definition) is 3. The molecule has 4 nitrogen and oxygen atoms in total. The third-order valence-corrected chi connectivity index (χ3v) is 2.85. The molecule has 0 amide bonds. The van der Waals surface area contributed by atoms with Crippen LogP contribution in [0, 0.1) is 0 Å². The molecule has 1 aromatic carbocycles. The molecule has 0 aliphatic rings. The summed E-state index contributed by atoms with van der Waals surface area (Å²) in [6.45, 7) is 2.98. The molecule has 0 aliphatic heterocycles. The third kappa shape index (κ3) is 2.59. The smallest absolute Gasteiger partial charge is 0.172 e. The first-order chi connectivity index (χ1) is 8.72. The number of carbonyl (C=O) groups is 1. The number of nitrogen functional groups attached to an aromatic ring is 1. The number of nitrogens with two attached hydrogens (primary N) is 1. The molecule has 0 radical (unpaired) electrons. The maximum atomic E-state index is 12.2. The first-order valence-electron chi connectivity index (χ1n) is 6.10. The summed E-state index contributed by atoms with van der Waals surface area (Å²) in [5, 5.41) is 0. The highest BCUT2D eigenvalue weighted by atomic mass is 16.1. The van der Waals surface area contributed by atoms with Crippen LogP contribution in [0.25, 0.3) is 0 Å².